The average molecular weight is 236 g/mol. The molecule has 0 aliphatic carbocycles. The maximum Gasteiger partial charge on any atom is 0.125 e. The average Bonchev–Trinajstić information content (AvgIpc) is 2.26. The molecule has 1 heterocycles. The highest BCUT2D eigenvalue weighted by molar-refractivity contribution is 5.46. The topological polar surface area (TPSA) is 15.3 Å². The molecule has 2 nitrogen and oxygen atoms in total. The van der Waals surface area contributed by atoms with E-state index in [0.717, 1.165) is 25.1 Å². The molecule has 0 amide bonds. The lowest BCUT2D eigenvalue weighted by atomic mass is 9.88. The van der Waals surface area contributed by atoms with Gasteiger partial charge in [0.25, 0.3) is 0 Å². The van der Waals surface area contributed by atoms with Crippen molar-refractivity contribution in [2.24, 2.45) is 0 Å². The first-order valence-corrected chi connectivity index (χ1v) is 6.21. The molecule has 3 heteroatoms. The van der Waals surface area contributed by atoms with Crippen LogP contribution < -0.4 is 10.2 Å². The first-order valence-electron chi connectivity index (χ1n) is 6.21. The Morgan fingerprint density at radius 3 is 2.82 bits per heavy atom. The molecule has 0 spiro atoms. The van der Waals surface area contributed by atoms with Crippen molar-refractivity contribution < 1.29 is 4.39 Å². The van der Waals surface area contributed by atoms with Crippen LogP contribution in [-0.4, -0.2) is 25.2 Å². The van der Waals surface area contributed by atoms with Gasteiger partial charge in [0.15, 0.2) is 0 Å². The van der Waals surface area contributed by atoms with Gasteiger partial charge in [-0.3, -0.25) is 0 Å². The van der Waals surface area contributed by atoms with E-state index in [1.54, 1.807) is 12.1 Å². The molecule has 1 N–H and O–H groups in total. The fourth-order valence-electron chi connectivity index (χ4n) is 2.58. The highest BCUT2D eigenvalue weighted by Crippen LogP contribution is 2.26. The van der Waals surface area contributed by atoms with E-state index in [2.05, 4.69) is 31.1 Å². The first kappa shape index (κ1) is 12.4. The van der Waals surface area contributed by atoms with Crippen molar-refractivity contribution in [1.29, 1.82) is 0 Å². The first-order chi connectivity index (χ1) is 7.98. The SMILES string of the molecule is CN(c1cccc(F)c1)C1CCNC(C)(C)C1. The summed E-state index contributed by atoms with van der Waals surface area (Å²) >= 11 is 0. The van der Waals surface area contributed by atoms with Crippen LogP contribution in [0.5, 0.6) is 0 Å². The zero-order valence-electron chi connectivity index (χ0n) is 10.8. The summed E-state index contributed by atoms with van der Waals surface area (Å²) in [4.78, 5) is 2.20. The summed E-state index contributed by atoms with van der Waals surface area (Å²) in [6.45, 7) is 5.47. The van der Waals surface area contributed by atoms with Gasteiger partial charge in [0.05, 0.1) is 0 Å². The lowest BCUT2D eigenvalue weighted by molar-refractivity contribution is 0.271. The molecule has 0 aromatic heterocycles. The largest absolute Gasteiger partial charge is 0.371 e. The predicted molar refractivity (Wildman–Crippen MR) is 69.9 cm³/mol. The Hall–Kier alpha value is -1.09. The van der Waals surface area contributed by atoms with Crippen molar-refractivity contribution >= 4 is 5.69 Å². The monoisotopic (exact) mass is 236 g/mol. The lowest BCUT2D eigenvalue weighted by Gasteiger charge is -2.41. The van der Waals surface area contributed by atoms with Gasteiger partial charge in [-0.1, -0.05) is 6.07 Å². The van der Waals surface area contributed by atoms with E-state index in [-0.39, 0.29) is 11.4 Å². The molecular formula is C14H21FN2. The van der Waals surface area contributed by atoms with Crippen LogP contribution in [0.4, 0.5) is 10.1 Å². The fourth-order valence-corrected chi connectivity index (χ4v) is 2.58. The summed E-state index contributed by atoms with van der Waals surface area (Å²) in [5.74, 6) is -0.164. The molecule has 0 saturated carbocycles. The summed E-state index contributed by atoms with van der Waals surface area (Å²) in [6, 6.07) is 7.32. The smallest absolute Gasteiger partial charge is 0.125 e. The molecule has 1 unspecified atom stereocenters. The van der Waals surface area contributed by atoms with Crippen LogP contribution in [-0.2, 0) is 0 Å². The molecule has 2 rings (SSSR count). The van der Waals surface area contributed by atoms with Gasteiger partial charge < -0.3 is 10.2 Å². The number of piperidine rings is 1. The second kappa shape index (κ2) is 4.65. The fraction of sp³-hybridized carbons (Fsp3) is 0.571. The van der Waals surface area contributed by atoms with Crippen LogP contribution in [0.25, 0.3) is 0 Å². The van der Waals surface area contributed by atoms with Crippen LogP contribution >= 0.6 is 0 Å². The van der Waals surface area contributed by atoms with Crippen LogP contribution in [0.3, 0.4) is 0 Å². The standard InChI is InChI=1S/C14H21FN2/c1-14(2)10-13(7-8-16-14)17(3)12-6-4-5-11(15)9-12/h4-6,9,13,16H,7-8,10H2,1-3H3. The van der Waals surface area contributed by atoms with Gasteiger partial charge in [-0.15, -0.1) is 0 Å². The molecule has 1 fully saturated rings. The van der Waals surface area contributed by atoms with Crippen molar-refractivity contribution in [2.75, 3.05) is 18.5 Å². The lowest BCUT2D eigenvalue weighted by Crippen LogP contribution is -2.52. The van der Waals surface area contributed by atoms with Crippen molar-refractivity contribution in [3.05, 3.63) is 30.1 Å². The molecule has 1 aromatic rings. The Bertz CT molecular complexity index is 390. The number of benzene rings is 1. The molecule has 1 aromatic carbocycles. The van der Waals surface area contributed by atoms with Crippen LogP contribution in [0.2, 0.25) is 0 Å². The number of rotatable bonds is 2. The van der Waals surface area contributed by atoms with Gasteiger partial charge in [-0.25, -0.2) is 4.39 Å². The molecule has 17 heavy (non-hydrogen) atoms. The highest BCUT2D eigenvalue weighted by atomic mass is 19.1. The number of nitrogens with one attached hydrogen (secondary N) is 1. The van der Waals surface area contributed by atoms with Crippen molar-refractivity contribution in [3.8, 4) is 0 Å². The van der Waals surface area contributed by atoms with E-state index < -0.39 is 0 Å². The van der Waals surface area contributed by atoms with E-state index in [9.17, 15) is 4.39 Å². The second-order valence-corrected chi connectivity index (χ2v) is 5.55. The van der Waals surface area contributed by atoms with E-state index in [0.29, 0.717) is 6.04 Å². The zero-order valence-corrected chi connectivity index (χ0v) is 10.8. The Labute approximate surface area is 103 Å². The quantitative estimate of drug-likeness (QED) is 0.849. The minimum Gasteiger partial charge on any atom is -0.371 e. The summed E-state index contributed by atoms with van der Waals surface area (Å²) in [5, 5.41) is 3.51. The molecular weight excluding hydrogens is 215 g/mol. The molecule has 1 aliphatic heterocycles. The summed E-state index contributed by atoms with van der Waals surface area (Å²) < 4.78 is 13.2. The number of nitrogens with zero attached hydrogens (tertiary/aromatic N) is 1. The summed E-state index contributed by atoms with van der Waals surface area (Å²) in [6.07, 6.45) is 2.19. The summed E-state index contributed by atoms with van der Waals surface area (Å²) in [7, 11) is 2.06. The van der Waals surface area contributed by atoms with Gasteiger partial charge in [0.2, 0.25) is 0 Å². The molecule has 1 aliphatic rings. The van der Waals surface area contributed by atoms with Gasteiger partial charge in [0.1, 0.15) is 5.82 Å². The van der Waals surface area contributed by atoms with E-state index in [1.165, 1.54) is 6.07 Å². The molecule has 0 radical (unpaired) electrons. The van der Waals surface area contributed by atoms with Crippen LogP contribution in [0.1, 0.15) is 26.7 Å². The highest BCUT2D eigenvalue weighted by Gasteiger charge is 2.29. The van der Waals surface area contributed by atoms with Crippen molar-refractivity contribution in [1.82, 2.24) is 5.32 Å². The van der Waals surface area contributed by atoms with Crippen LogP contribution in [0, 0.1) is 5.82 Å². The second-order valence-electron chi connectivity index (χ2n) is 5.55. The van der Waals surface area contributed by atoms with E-state index in [4.69, 9.17) is 0 Å². The Kier molecular flexibility index (Phi) is 3.38. The third kappa shape index (κ3) is 2.97. The number of anilines is 1. The third-order valence-electron chi connectivity index (χ3n) is 3.59. The molecule has 1 saturated heterocycles. The number of hydrogen-bond acceptors (Lipinski definition) is 2. The van der Waals surface area contributed by atoms with Crippen molar-refractivity contribution in [2.45, 2.75) is 38.3 Å². The van der Waals surface area contributed by atoms with Crippen molar-refractivity contribution in [3.63, 3.8) is 0 Å². The third-order valence-corrected chi connectivity index (χ3v) is 3.59. The number of halogens is 1. The van der Waals surface area contributed by atoms with E-state index >= 15 is 0 Å². The molecule has 94 valence electrons. The zero-order chi connectivity index (χ0) is 12.5. The Balaban J connectivity index is 2.12. The summed E-state index contributed by atoms with van der Waals surface area (Å²) in [5.41, 5.74) is 1.14. The normalized spacial score (nSPS) is 23.4. The maximum atomic E-state index is 13.2. The Morgan fingerprint density at radius 1 is 1.41 bits per heavy atom. The molecule has 1 atom stereocenters. The van der Waals surface area contributed by atoms with Gasteiger partial charge in [-0.05, 0) is 51.4 Å². The van der Waals surface area contributed by atoms with E-state index in [1.807, 2.05) is 6.07 Å². The van der Waals surface area contributed by atoms with Gasteiger partial charge in [-0.2, -0.15) is 0 Å². The van der Waals surface area contributed by atoms with Gasteiger partial charge >= 0.3 is 0 Å². The van der Waals surface area contributed by atoms with Gasteiger partial charge in [0, 0.05) is 24.3 Å². The predicted octanol–water partition coefficient (Wildman–Crippen LogP) is 2.79. The minimum absolute atomic E-state index is 0.164. The Morgan fingerprint density at radius 2 is 2.18 bits per heavy atom. The maximum absolute atomic E-state index is 13.2. The minimum atomic E-state index is -0.164. The molecule has 0 bridgehead atoms. The van der Waals surface area contributed by atoms with Crippen LogP contribution in [0.15, 0.2) is 24.3 Å². The number of hydrogen-bond donors (Lipinski definition) is 1.